The van der Waals surface area contributed by atoms with E-state index >= 15 is 0 Å². The van der Waals surface area contributed by atoms with Crippen LogP contribution in [-0.4, -0.2) is 20.7 Å². The molecule has 0 unspecified atom stereocenters. The van der Waals surface area contributed by atoms with E-state index in [1.807, 2.05) is 18.2 Å². The molecule has 3 rings (SSSR count). The van der Waals surface area contributed by atoms with E-state index in [-0.39, 0.29) is 5.91 Å². The highest BCUT2D eigenvalue weighted by molar-refractivity contribution is 14.1. The Morgan fingerprint density at radius 2 is 2.00 bits per heavy atom. The summed E-state index contributed by atoms with van der Waals surface area (Å²) in [7, 11) is 0. The Labute approximate surface area is 151 Å². The number of halogens is 2. The first kappa shape index (κ1) is 15.9. The van der Waals surface area contributed by atoms with Crippen LogP contribution < -0.4 is 5.32 Å². The Morgan fingerprint density at radius 1 is 1.22 bits per heavy atom. The highest BCUT2D eigenvalue weighted by atomic mass is 127. The SMILES string of the molecule is O=C(Nc1ccc(I)cc1Cl)c1ccc(Cn2cncn2)cc1. The zero-order valence-electron chi connectivity index (χ0n) is 11.9. The Morgan fingerprint density at radius 3 is 2.65 bits per heavy atom. The molecule has 7 heteroatoms. The van der Waals surface area contributed by atoms with Gasteiger partial charge >= 0.3 is 0 Å². The van der Waals surface area contributed by atoms with Crippen molar-refractivity contribution < 1.29 is 4.79 Å². The number of nitrogens with one attached hydrogen (secondary N) is 1. The molecule has 5 nitrogen and oxygen atoms in total. The van der Waals surface area contributed by atoms with Crippen LogP contribution in [0.15, 0.2) is 55.1 Å². The highest BCUT2D eigenvalue weighted by Gasteiger charge is 2.09. The van der Waals surface area contributed by atoms with Gasteiger partial charge in [-0.3, -0.25) is 4.79 Å². The molecule has 0 aliphatic carbocycles. The van der Waals surface area contributed by atoms with Gasteiger partial charge in [0.2, 0.25) is 0 Å². The molecule has 3 aromatic rings. The smallest absolute Gasteiger partial charge is 0.255 e. The molecule has 0 aliphatic heterocycles. The van der Waals surface area contributed by atoms with Crippen molar-refractivity contribution in [3.8, 4) is 0 Å². The molecular weight excluding hydrogens is 427 g/mol. The number of carbonyl (C=O) groups is 1. The molecule has 0 radical (unpaired) electrons. The molecule has 0 spiro atoms. The summed E-state index contributed by atoms with van der Waals surface area (Å²) >= 11 is 8.30. The summed E-state index contributed by atoms with van der Waals surface area (Å²) in [6.07, 6.45) is 3.14. The maximum absolute atomic E-state index is 12.3. The van der Waals surface area contributed by atoms with Crippen LogP contribution in [0.2, 0.25) is 5.02 Å². The minimum Gasteiger partial charge on any atom is -0.321 e. The fourth-order valence-electron chi connectivity index (χ4n) is 2.05. The van der Waals surface area contributed by atoms with Crippen LogP contribution in [0.3, 0.4) is 0 Å². The predicted octanol–water partition coefficient (Wildman–Crippen LogP) is 3.84. The van der Waals surface area contributed by atoms with Crippen molar-refractivity contribution in [2.75, 3.05) is 5.32 Å². The van der Waals surface area contributed by atoms with Crippen molar-refractivity contribution in [2.45, 2.75) is 6.54 Å². The number of hydrogen-bond donors (Lipinski definition) is 1. The third kappa shape index (κ3) is 4.08. The summed E-state index contributed by atoms with van der Waals surface area (Å²) in [5.41, 5.74) is 2.21. The molecule has 1 heterocycles. The van der Waals surface area contributed by atoms with Crippen LogP contribution >= 0.6 is 34.2 Å². The van der Waals surface area contributed by atoms with Crippen molar-refractivity contribution >= 4 is 45.8 Å². The molecule has 1 amide bonds. The molecule has 1 aromatic heterocycles. The van der Waals surface area contributed by atoms with E-state index in [0.29, 0.717) is 22.8 Å². The number of benzene rings is 2. The first-order valence-electron chi connectivity index (χ1n) is 6.79. The zero-order chi connectivity index (χ0) is 16.2. The van der Waals surface area contributed by atoms with Gasteiger partial charge in [-0.1, -0.05) is 23.7 Å². The number of carbonyl (C=O) groups excluding carboxylic acids is 1. The molecule has 23 heavy (non-hydrogen) atoms. The van der Waals surface area contributed by atoms with Crippen molar-refractivity contribution in [3.05, 3.63) is 74.8 Å². The fourth-order valence-corrected chi connectivity index (χ4v) is 2.95. The molecule has 0 fully saturated rings. The van der Waals surface area contributed by atoms with Crippen LogP contribution in [0, 0.1) is 3.57 Å². The zero-order valence-corrected chi connectivity index (χ0v) is 14.8. The molecule has 0 saturated heterocycles. The van der Waals surface area contributed by atoms with E-state index in [4.69, 9.17) is 11.6 Å². The van der Waals surface area contributed by atoms with Gasteiger partial charge < -0.3 is 5.32 Å². The Bertz CT molecular complexity index is 819. The first-order chi connectivity index (χ1) is 11.1. The maximum atomic E-state index is 12.3. The first-order valence-corrected chi connectivity index (χ1v) is 8.25. The fraction of sp³-hybridized carbons (Fsp3) is 0.0625. The van der Waals surface area contributed by atoms with Crippen LogP contribution in [0.4, 0.5) is 5.69 Å². The maximum Gasteiger partial charge on any atom is 0.255 e. The molecule has 0 saturated carbocycles. The van der Waals surface area contributed by atoms with Crippen LogP contribution in [-0.2, 0) is 6.54 Å². The molecular formula is C16H12ClIN4O. The van der Waals surface area contributed by atoms with Crippen molar-refractivity contribution in [1.82, 2.24) is 14.8 Å². The van der Waals surface area contributed by atoms with Crippen molar-refractivity contribution in [1.29, 1.82) is 0 Å². The standard InChI is InChI=1S/C16H12ClIN4O/c17-14-7-13(18)5-6-15(14)21-16(23)12-3-1-11(2-4-12)8-22-10-19-9-20-22/h1-7,9-10H,8H2,(H,21,23). The van der Waals surface area contributed by atoms with Crippen molar-refractivity contribution in [3.63, 3.8) is 0 Å². The van der Waals surface area contributed by atoms with E-state index in [2.05, 4.69) is 38.0 Å². The monoisotopic (exact) mass is 438 g/mol. The van der Waals surface area contributed by atoms with E-state index in [9.17, 15) is 4.79 Å². The van der Waals surface area contributed by atoms with Crippen molar-refractivity contribution in [2.24, 2.45) is 0 Å². The Kier molecular flexibility index (Phi) is 4.92. The topological polar surface area (TPSA) is 59.8 Å². The number of nitrogens with zero attached hydrogens (tertiary/aromatic N) is 3. The number of aromatic nitrogens is 3. The number of amides is 1. The summed E-state index contributed by atoms with van der Waals surface area (Å²) in [4.78, 5) is 16.2. The third-order valence-corrected chi connectivity index (χ3v) is 4.19. The van der Waals surface area contributed by atoms with E-state index in [0.717, 1.165) is 9.13 Å². The number of anilines is 1. The summed E-state index contributed by atoms with van der Waals surface area (Å²) in [5, 5.41) is 7.39. The number of hydrogen-bond acceptors (Lipinski definition) is 3. The average Bonchev–Trinajstić information content (AvgIpc) is 3.04. The van der Waals surface area contributed by atoms with Gasteiger partial charge in [0.25, 0.3) is 5.91 Å². The predicted molar refractivity (Wildman–Crippen MR) is 97.7 cm³/mol. The highest BCUT2D eigenvalue weighted by Crippen LogP contribution is 2.24. The minimum atomic E-state index is -0.194. The Hall–Kier alpha value is -1.93. The molecule has 2 aromatic carbocycles. The van der Waals surface area contributed by atoms with Gasteiger partial charge in [0.05, 0.1) is 17.3 Å². The molecule has 1 N–H and O–H groups in total. The van der Waals surface area contributed by atoms with Crippen LogP contribution in [0.25, 0.3) is 0 Å². The normalized spacial score (nSPS) is 10.5. The lowest BCUT2D eigenvalue weighted by molar-refractivity contribution is 0.102. The summed E-state index contributed by atoms with van der Waals surface area (Å²) in [6, 6.07) is 12.8. The quantitative estimate of drug-likeness (QED) is 0.630. The lowest BCUT2D eigenvalue weighted by atomic mass is 10.1. The van der Waals surface area contributed by atoms with Gasteiger partial charge in [-0.15, -0.1) is 0 Å². The second-order valence-electron chi connectivity index (χ2n) is 4.87. The summed E-state index contributed by atoms with van der Waals surface area (Å²) in [5.74, 6) is -0.194. The van der Waals surface area contributed by atoms with Gasteiger partial charge in [-0.25, -0.2) is 9.67 Å². The molecule has 0 aliphatic rings. The number of rotatable bonds is 4. The lowest BCUT2D eigenvalue weighted by Crippen LogP contribution is -2.12. The minimum absolute atomic E-state index is 0.194. The van der Waals surface area contributed by atoms with Gasteiger partial charge in [-0.2, -0.15) is 5.10 Å². The average molecular weight is 439 g/mol. The second kappa shape index (κ2) is 7.10. The lowest BCUT2D eigenvalue weighted by Gasteiger charge is -2.08. The summed E-state index contributed by atoms with van der Waals surface area (Å²) < 4.78 is 2.74. The Balaban J connectivity index is 1.70. The largest absolute Gasteiger partial charge is 0.321 e. The van der Waals surface area contributed by atoms with Gasteiger partial charge in [0.1, 0.15) is 12.7 Å². The second-order valence-corrected chi connectivity index (χ2v) is 6.52. The molecule has 116 valence electrons. The van der Waals surface area contributed by atoms with Crippen LogP contribution in [0.1, 0.15) is 15.9 Å². The molecule has 0 bridgehead atoms. The van der Waals surface area contributed by atoms with Gasteiger partial charge in [-0.05, 0) is 58.5 Å². The van der Waals surface area contributed by atoms with Gasteiger partial charge in [0.15, 0.2) is 0 Å². The van der Waals surface area contributed by atoms with Crippen LogP contribution in [0.5, 0.6) is 0 Å². The van der Waals surface area contributed by atoms with E-state index < -0.39 is 0 Å². The van der Waals surface area contributed by atoms with Gasteiger partial charge in [0, 0.05) is 9.13 Å². The van der Waals surface area contributed by atoms with E-state index in [1.165, 1.54) is 6.33 Å². The van der Waals surface area contributed by atoms with E-state index in [1.54, 1.807) is 35.3 Å². The third-order valence-electron chi connectivity index (χ3n) is 3.21. The molecule has 0 atom stereocenters. The summed E-state index contributed by atoms with van der Waals surface area (Å²) in [6.45, 7) is 0.616.